The van der Waals surface area contributed by atoms with E-state index in [1.807, 2.05) is 0 Å². The average molecular weight is 489 g/mol. The Bertz CT molecular complexity index is 1210. The maximum absolute atomic E-state index is 13.4. The van der Waals surface area contributed by atoms with E-state index in [-0.39, 0.29) is 34.2 Å². The number of aromatic nitrogens is 1. The Balaban J connectivity index is 1.78. The van der Waals surface area contributed by atoms with Gasteiger partial charge in [0.05, 0.1) is 16.4 Å². The number of benzene rings is 2. The van der Waals surface area contributed by atoms with E-state index >= 15 is 0 Å². The van der Waals surface area contributed by atoms with Crippen molar-refractivity contribution in [2.45, 2.75) is 32.9 Å². The number of nitro benzene ring substituents is 1. The molecule has 0 saturated heterocycles. The standard InChI is InChI=1S/C22H24N3O8P/c1-15(2)32-22(26)16(3)24-34(29,33-17-8-5-4-6-9-17)31-14-30-20-12-11-19(25(27)28)18-10-7-13-23-21(18)20/h4-13,15-16H,14H2,1-3H3,(H,24,29)/t16-,34?/m0/s1. The van der Waals surface area contributed by atoms with E-state index < -0.39 is 31.5 Å². The van der Waals surface area contributed by atoms with Gasteiger partial charge in [-0.15, -0.1) is 0 Å². The quantitative estimate of drug-likeness (QED) is 0.133. The molecule has 180 valence electrons. The molecular formula is C22H24N3O8P. The molecule has 3 aromatic rings. The molecule has 0 aliphatic rings. The van der Waals surface area contributed by atoms with Crippen molar-refractivity contribution in [3.8, 4) is 11.5 Å². The Morgan fingerprint density at radius 1 is 1.12 bits per heavy atom. The maximum atomic E-state index is 13.4. The highest BCUT2D eigenvalue weighted by molar-refractivity contribution is 7.52. The predicted molar refractivity (Wildman–Crippen MR) is 123 cm³/mol. The van der Waals surface area contributed by atoms with Gasteiger partial charge in [0.25, 0.3) is 5.69 Å². The second kappa shape index (κ2) is 11.1. The molecule has 2 aromatic carbocycles. The molecular weight excluding hydrogens is 465 g/mol. The van der Waals surface area contributed by atoms with Crippen LogP contribution in [0.4, 0.5) is 5.69 Å². The number of hydrogen-bond donors (Lipinski definition) is 1. The van der Waals surface area contributed by atoms with Crippen molar-refractivity contribution in [1.82, 2.24) is 10.1 Å². The molecule has 0 amide bonds. The largest absolute Gasteiger partial charge is 0.465 e. The summed E-state index contributed by atoms with van der Waals surface area (Å²) in [5.74, 6) is -0.216. The highest BCUT2D eigenvalue weighted by Gasteiger charge is 2.33. The lowest BCUT2D eigenvalue weighted by molar-refractivity contribution is -0.383. The fourth-order valence-corrected chi connectivity index (χ4v) is 4.25. The van der Waals surface area contributed by atoms with E-state index in [1.165, 1.54) is 25.3 Å². The summed E-state index contributed by atoms with van der Waals surface area (Å²) in [5.41, 5.74) is 0.106. The van der Waals surface area contributed by atoms with Crippen LogP contribution in [0.15, 0.2) is 60.8 Å². The Hall–Kier alpha value is -3.53. The minimum Gasteiger partial charge on any atom is -0.465 e. The number of ether oxygens (including phenoxy) is 2. The van der Waals surface area contributed by atoms with Crippen LogP contribution in [0.5, 0.6) is 11.5 Å². The van der Waals surface area contributed by atoms with E-state index in [1.54, 1.807) is 56.3 Å². The van der Waals surface area contributed by atoms with E-state index in [9.17, 15) is 19.5 Å². The molecule has 0 aliphatic heterocycles. The molecule has 1 heterocycles. The summed E-state index contributed by atoms with van der Waals surface area (Å²) in [4.78, 5) is 27.1. The molecule has 0 fully saturated rings. The number of nitrogens with one attached hydrogen (secondary N) is 1. The normalized spacial score (nSPS) is 13.8. The van der Waals surface area contributed by atoms with Crippen LogP contribution in [0.25, 0.3) is 10.9 Å². The van der Waals surface area contributed by atoms with Crippen LogP contribution in [0.3, 0.4) is 0 Å². The minimum atomic E-state index is -4.12. The summed E-state index contributed by atoms with van der Waals surface area (Å²) in [5, 5.41) is 14.1. The van der Waals surface area contributed by atoms with Crippen LogP contribution in [0.1, 0.15) is 20.8 Å². The van der Waals surface area contributed by atoms with Crippen molar-refractivity contribution in [2.24, 2.45) is 0 Å². The summed E-state index contributed by atoms with van der Waals surface area (Å²) < 4.78 is 35.1. The minimum absolute atomic E-state index is 0.131. The Labute approximate surface area is 195 Å². The van der Waals surface area contributed by atoms with Crippen LogP contribution in [-0.2, 0) is 18.6 Å². The van der Waals surface area contributed by atoms with Gasteiger partial charge in [-0.25, -0.2) is 9.09 Å². The molecule has 0 radical (unpaired) electrons. The lowest BCUT2D eigenvalue weighted by Crippen LogP contribution is -2.36. The number of nitro groups is 1. The summed E-state index contributed by atoms with van der Waals surface area (Å²) in [6.07, 6.45) is 1.10. The van der Waals surface area contributed by atoms with Gasteiger partial charge in [-0.3, -0.25) is 19.9 Å². The molecule has 0 aliphatic carbocycles. The number of carbonyl (C=O) groups is 1. The van der Waals surface area contributed by atoms with Crippen LogP contribution < -0.4 is 14.3 Å². The van der Waals surface area contributed by atoms with Crippen LogP contribution in [0, 0.1) is 10.1 Å². The van der Waals surface area contributed by atoms with Crippen molar-refractivity contribution in [3.63, 3.8) is 0 Å². The van der Waals surface area contributed by atoms with Gasteiger partial charge < -0.3 is 14.0 Å². The Kier molecular flexibility index (Phi) is 8.17. The SMILES string of the molecule is CC(C)OC(=O)[C@H](C)NP(=O)(OCOc1ccc([N+](=O)[O-])c2cccnc12)Oc1ccccc1. The van der Waals surface area contributed by atoms with Crippen LogP contribution >= 0.6 is 7.75 Å². The fraction of sp³-hybridized carbons (Fsp3) is 0.273. The van der Waals surface area contributed by atoms with Crippen molar-refractivity contribution in [2.75, 3.05) is 6.79 Å². The van der Waals surface area contributed by atoms with E-state index in [0.29, 0.717) is 0 Å². The zero-order valence-electron chi connectivity index (χ0n) is 18.7. The number of nitrogens with zero attached hydrogens (tertiary/aromatic N) is 2. The van der Waals surface area contributed by atoms with E-state index in [2.05, 4.69) is 10.1 Å². The summed E-state index contributed by atoms with van der Waals surface area (Å²) in [6.45, 7) is 4.28. The first-order valence-corrected chi connectivity index (χ1v) is 11.9. The Morgan fingerprint density at radius 2 is 1.85 bits per heavy atom. The van der Waals surface area contributed by atoms with Gasteiger partial charge in [-0.2, -0.15) is 5.09 Å². The van der Waals surface area contributed by atoms with Crippen molar-refractivity contribution >= 4 is 30.3 Å². The number of hydrogen-bond acceptors (Lipinski definition) is 9. The highest BCUT2D eigenvalue weighted by Crippen LogP contribution is 2.45. The molecule has 0 spiro atoms. The summed E-state index contributed by atoms with van der Waals surface area (Å²) in [7, 11) is -4.12. The number of non-ortho nitro benzene ring substituents is 1. The lowest BCUT2D eigenvalue weighted by atomic mass is 10.1. The highest BCUT2D eigenvalue weighted by atomic mass is 31.2. The van der Waals surface area contributed by atoms with E-state index in [4.69, 9.17) is 18.5 Å². The molecule has 3 rings (SSSR count). The Morgan fingerprint density at radius 3 is 2.53 bits per heavy atom. The monoisotopic (exact) mass is 489 g/mol. The van der Waals surface area contributed by atoms with Gasteiger partial charge in [0.2, 0.25) is 6.79 Å². The third-order valence-electron chi connectivity index (χ3n) is 4.37. The van der Waals surface area contributed by atoms with Crippen LogP contribution in [-0.4, -0.2) is 34.8 Å². The summed E-state index contributed by atoms with van der Waals surface area (Å²) >= 11 is 0. The number of fused-ring (bicyclic) bond motifs is 1. The maximum Gasteiger partial charge on any atom is 0.462 e. The third-order valence-corrected chi connectivity index (χ3v) is 5.97. The number of carbonyl (C=O) groups excluding carboxylic acids is 1. The summed E-state index contributed by atoms with van der Waals surface area (Å²) in [6, 6.07) is 13.0. The van der Waals surface area contributed by atoms with Crippen molar-refractivity contribution in [1.29, 1.82) is 0 Å². The van der Waals surface area contributed by atoms with Gasteiger partial charge >= 0.3 is 13.7 Å². The third kappa shape index (κ3) is 6.50. The second-order valence-electron chi connectivity index (χ2n) is 7.37. The molecule has 0 bridgehead atoms. The zero-order valence-corrected chi connectivity index (χ0v) is 19.6. The smallest absolute Gasteiger partial charge is 0.462 e. The van der Waals surface area contributed by atoms with Crippen molar-refractivity contribution < 1.29 is 32.8 Å². The number of esters is 1. The first-order chi connectivity index (χ1) is 16.2. The van der Waals surface area contributed by atoms with Crippen LogP contribution in [0.2, 0.25) is 0 Å². The van der Waals surface area contributed by atoms with Gasteiger partial charge in [-0.1, -0.05) is 18.2 Å². The van der Waals surface area contributed by atoms with Crippen molar-refractivity contribution in [3.05, 3.63) is 70.9 Å². The molecule has 0 saturated carbocycles. The molecule has 11 nitrogen and oxygen atoms in total. The van der Waals surface area contributed by atoms with Gasteiger partial charge in [0.1, 0.15) is 23.1 Å². The van der Waals surface area contributed by atoms with Gasteiger partial charge in [0.15, 0.2) is 0 Å². The molecule has 1 unspecified atom stereocenters. The molecule has 1 aromatic heterocycles. The average Bonchev–Trinajstić information content (AvgIpc) is 2.79. The second-order valence-corrected chi connectivity index (χ2v) is 9.06. The number of rotatable bonds is 11. The van der Waals surface area contributed by atoms with Gasteiger partial charge in [0, 0.05) is 12.3 Å². The number of pyridine rings is 1. The first-order valence-electron chi connectivity index (χ1n) is 10.3. The number of para-hydroxylation sites is 1. The zero-order chi connectivity index (χ0) is 24.7. The lowest BCUT2D eigenvalue weighted by Gasteiger charge is -2.23. The molecule has 1 N–H and O–H groups in total. The topological polar surface area (TPSA) is 139 Å². The predicted octanol–water partition coefficient (Wildman–Crippen LogP) is 4.61. The first kappa shape index (κ1) is 25.1. The molecule has 34 heavy (non-hydrogen) atoms. The molecule has 2 atom stereocenters. The fourth-order valence-electron chi connectivity index (χ4n) is 2.90. The van der Waals surface area contributed by atoms with E-state index in [0.717, 1.165) is 0 Å². The molecule has 12 heteroatoms. The van der Waals surface area contributed by atoms with Gasteiger partial charge in [-0.05, 0) is 51.1 Å².